The van der Waals surface area contributed by atoms with Crippen molar-refractivity contribution in [2.75, 3.05) is 0 Å². The van der Waals surface area contributed by atoms with Gasteiger partial charge in [0.25, 0.3) is 0 Å². The van der Waals surface area contributed by atoms with E-state index in [0.717, 1.165) is 12.8 Å². The second-order valence-corrected chi connectivity index (χ2v) is 3.96. The lowest BCUT2D eigenvalue weighted by molar-refractivity contribution is -0.127. The first-order valence-corrected chi connectivity index (χ1v) is 4.66. The molecule has 0 atom stereocenters. The highest BCUT2D eigenvalue weighted by atomic mass is 16.2. The van der Waals surface area contributed by atoms with Gasteiger partial charge in [-0.15, -0.1) is 0 Å². The van der Waals surface area contributed by atoms with Gasteiger partial charge in [0.05, 0.1) is 5.92 Å². The molecule has 0 heterocycles. The second-order valence-electron chi connectivity index (χ2n) is 3.96. The lowest BCUT2D eigenvalue weighted by Crippen LogP contribution is -2.14. The van der Waals surface area contributed by atoms with E-state index >= 15 is 0 Å². The molecule has 1 saturated carbocycles. The third-order valence-electron chi connectivity index (χ3n) is 2.43. The van der Waals surface area contributed by atoms with E-state index in [1.165, 1.54) is 0 Å². The van der Waals surface area contributed by atoms with E-state index in [1.54, 1.807) is 0 Å². The van der Waals surface area contributed by atoms with Gasteiger partial charge < -0.3 is 0 Å². The molecule has 0 amide bonds. The highest BCUT2D eigenvalue weighted by molar-refractivity contribution is 6.08. The molecule has 0 aromatic rings. The van der Waals surface area contributed by atoms with Gasteiger partial charge in [0, 0.05) is 12.8 Å². The molecule has 0 spiro atoms. The van der Waals surface area contributed by atoms with Crippen molar-refractivity contribution in [2.24, 2.45) is 11.8 Å². The van der Waals surface area contributed by atoms with Crippen molar-refractivity contribution >= 4 is 11.6 Å². The van der Waals surface area contributed by atoms with Gasteiger partial charge in [0.2, 0.25) is 0 Å². The predicted octanol–water partition coefficient (Wildman–Crippen LogP) is 1.97. The molecular formula is C10H16O2. The highest BCUT2D eigenvalue weighted by Crippen LogP contribution is 2.23. The summed E-state index contributed by atoms with van der Waals surface area (Å²) in [5.41, 5.74) is 0. The van der Waals surface area contributed by atoms with Crippen molar-refractivity contribution < 1.29 is 9.59 Å². The van der Waals surface area contributed by atoms with Crippen molar-refractivity contribution in [3.63, 3.8) is 0 Å². The fraction of sp³-hybridized carbons (Fsp3) is 0.800. The summed E-state index contributed by atoms with van der Waals surface area (Å²) in [6.45, 7) is 4.23. The van der Waals surface area contributed by atoms with E-state index in [2.05, 4.69) is 13.8 Å². The molecule has 0 radical (unpaired) electrons. The Hall–Kier alpha value is -0.660. The van der Waals surface area contributed by atoms with Gasteiger partial charge >= 0.3 is 0 Å². The van der Waals surface area contributed by atoms with Crippen LogP contribution in [0.3, 0.4) is 0 Å². The summed E-state index contributed by atoms with van der Waals surface area (Å²) in [4.78, 5) is 22.4. The lowest BCUT2D eigenvalue weighted by Gasteiger charge is -2.07. The molecule has 0 aromatic carbocycles. The first-order chi connectivity index (χ1) is 5.61. The molecule has 2 heteroatoms. The van der Waals surface area contributed by atoms with Crippen molar-refractivity contribution in [3.8, 4) is 0 Å². The number of ketones is 2. The molecule has 0 bridgehead atoms. The van der Waals surface area contributed by atoms with E-state index in [-0.39, 0.29) is 17.5 Å². The normalized spacial score (nSPS) is 19.6. The van der Waals surface area contributed by atoms with Crippen LogP contribution in [0.2, 0.25) is 0 Å². The van der Waals surface area contributed by atoms with Gasteiger partial charge in [-0.05, 0) is 18.8 Å². The van der Waals surface area contributed by atoms with Crippen LogP contribution >= 0.6 is 0 Å². The summed E-state index contributed by atoms with van der Waals surface area (Å²) in [6.07, 6.45) is 2.74. The molecule has 68 valence electrons. The van der Waals surface area contributed by atoms with E-state index in [4.69, 9.17) is 0 Å². The minimum atomic E-state index is -0.243. The van der Waals surface area contributed by atoms with Crippen LogP contribution in [0.1, 0.15) is 39.5 Å². The third kappa shape index (κ3) is 2.16. The Bertz CT molecular complexity index is 178. The van der Waals surface area contributed by atoms with Crippen molar-refractivity contribution in [3.05, 3.63) is 0 Å². The molecule has 2 nitrogen and oxygen atoms in total. The van der Waals surface area contributed by atoms with Crippen LogP contribution in [0.25, 0.3) is 0 Å². The molecule has 0 unspecified atom stereocenters. The average molecular weight is 168 g/mol. The number of hydrogen-bond acceptors (Lipinski definition) is 2. The van der Waals surface area contributed by atoms with Crippen LogP contribution in [-0.2, 0) is 9.59 Å². The van der Waals surface area contributed by atoms with E-state index in [0.29, 0.717) is 18.8 Å². The van der Waals surface area contributed by atoms with Gasteiger partial charge in [-0.25, -0.2) is 0 Å². The number of carbonyl (C=O) groups is 2. The fourth-order valence-electron chi connectivity index (χ4n) is 1.60. The van der Waals surface area contributed by atoms with Crippen LogP contribution in [0.15, 0.2) is 0 Å². The Balaban J connectivity index is 2.40. The third-order valence-corrected chi connectivity index (χ3v) is 2.43. The SMILES string of the molecule is CC(C)CCC1C(=O)CCC1=O. The summed E-state index contributed by atoms with van der Waals surface area (Å²) >= 11 is 0. The summed E-state index contributed by atoms with van der Waals surface area (Å²) in [7, 11) is 0. The van der Waals surface area contributed by atoms with Crippen LogP contribution in [0.4, 0.5) is 0 Å². The zero-order valence-electron chi connectivity index (χ0n) is 7.80. The molecule has 0 saturated heterocycles. The van der Waals surface area contributed by atoms with E-state index in [9.17, 15) is 9.59 Å². The van der Waals surface area contributed by atoms with Crippen molar-refractivity contribution in [1.29, 1.82) is 0 Å². The van der Waals surface area contributed by atoms with Crippen LogP contribution in [-0.4, -0.2) is 11.6 Å². The molecule has 0 N–H and O–H groups in total. The summed E-state index contributed by atoms with van der Waals surface area (Å²) in [5.74, 6) is 0.680. The predicted molar refractivity (Wildman–Crippen MR) is 46.8 cm³/mol. The molecule has 1 aliphatic rings. The number of Topliss-reactive ketones (excluding diaryl/α,β-unsaturated/α-hetero) is 2. The summed E-state index contributed by atoms with van der Waals surface area (Å²) in [6, 6.07) is 0. The van der Waals surface area contributed by atoms with Gasteiger partial charge in [0.1, 0.15) is 11.6 Å². The first-order valence-electron chi connectivity index (χ1n) is 4.66. The molecule has 1 fully saturated rings. The summed E-state index contributed by atoms with van der Waals surface area (Å²) < 4.78 is 0. The van der Waals surface area contributed by atoms with Crippen molar-refractivity contribution in [2.45, 2.75) is 39.5 Å². The Morgan fingerprint density at radius 1 is 1.25 bits per heavy atom. The van der Waals surface area contributed by atoms with Gasteiger partial charge in [0.15, 0.2) is 0 Å². The van der Waals surface area contributed by atoms with Gasteiger partial charge in [-0.2, -0.15) is 0 Å². The number of hydrogen-bond donors (Lipinski definition) is 0. The average Bonchev–Trinajstić information content (AvgIpc) is 2.28. The lowest BCUT2D eigenvalue weighted by atomic mass is 9.95. The maximum absolute atomic E-state index is 11.2. The first kappa shape index (κ1) is 9.43. The molecule has 12 heavy (non-hydrogen) atoms. The Labute approximate surface area is 73.3 Å². The Kier molecular flexibility index (Phi) is 3.01. The Morgan fingerprint density at radius 3 is 2.17 bits per heavy atom. The second kappa shape index (κ2) is 3.83. The molecule has 0 aliphatic heterocycles. The van der Waals surface area contributed by atoms with Gasteiger partial charge in [-0.1, -0.05) is 13.8 Å². The quantitative estimate of drug-likeness (QED) is 0.604. The molecule has 0 aromatic heterocycles. The highest BCUT2D eigenvalue weighted by Gasteiger charge is 2.31. The number of rotatable bonds is 3. The molecule has 1 aliphatic carbocycles. The summed E-state index contributed by atoms with van der Waals surface area (Å²) in [5, 5.41) is 0. The maximum Gasteiger partial charge on any atom is 0.143 e. The van der Waals surface area contributed by atoms with Crippen LogP contribution in [0.5, 0.6) is 0 Å². The largest absolute Gasteiger partial charge is 0.299 e. The van der Waals surface area contributed by atoms with Crippen LogP contribution < -0.4 is 0 Å². The zero-order valence-corrected chi connectivity index (χ0v) is 7.80. The van der Waals surface area contributed by atoms with E-state index < -0.39 is 0 Å². The molecule has 1 rings (SSSR count). The minimum Gasteiger partial charge on any atom is -0.299 e. The number of carbonyl (C=O) groups excluding carboxylic acids is 2. The minimum absolute atomic E-state index is 0.167. The smallest absolute Gasteiger partial charge is 0.143 e. The van der Waals surface area contributed by atoms with E-state index in [1.807, 2.05) is 0 Å². The topological polar surface area (TPSA) is 34.1 Å². The van der Waals surface area contributed by atoms with Crippen molar-refractivity contribution in [1.82, 2.24) is 0 Å². The van der Waals surface area contributed by atoms with Gasteiger partial charge in [-0.3, -0.25) is 9.59 Å². The molecular weight excluding hydrogens is 152 g/mol. The monoisotopic (exact) mass is 168 g/mol. The standard InChI is InChI=1S/C10H16O2/c1-7(2)3-4-8-9(11)5-6-10(8)12/h7-8H,3-6H2,1-2H3. The maximum atomic E-state index is 11.2. The Morgan fingerprint density at radius 2 is 1.75 bits per heavy atom. The zero-order chi connectivity index (χ0) is 9.14. The fourth-order valence-corrected chi connectivity index (χ4v) is 1.60. The van der Waals surface area contributed by atoms with Crippen LogP contribution in [0, 0.1) is 11.8 Å².